The highest BCUT2D eigenvalue weighted by atomic mass is 16.6. The predicted molar refractivity (Wildman–Crippen MR) is 85.9 cm³/mol. The molecule has 1 aliphatic rings. The fourth-order valence-electron chi connectivity index (χ4n) is 2.54. The summed E-state index contributed by atoms with van der Waals surface area (Å²) in [5.41, 5.74) is 1.26. The first-order valence-electron chi connectivity index (χ1n) is 7.33. The number of nitriles is 1. The van der Waals surface area contributed by atoms with Crippen LogP contribution in [0.4, 0.5) is 17.1 Å². The van der Waals surface area contributed by atoms with Crippen LogP contribution < -0.4 is 10.2 Å². The van der Waals surface area contributed by atoms with Gasteiger partial charge in [-0.2, -0.15) is 10.5 Å². The zero-order valence-electron chi connectivity index (χ0n) is 12.6. The summed E-state index contributed by atoms with van der Waals surface area (Å²) in [4.78, 5) is 12.9. The van der Waals surface area contributed by atoms with E-state index in [-0.39, 0.29) is 17.1 Å². The van der Waals surface area contributed by atoms with Gasteiger partial charge in [0.2, 0.25) is 5.82 Å². The van der Waals surface area contributed by atoms with Crippen molar-refractivity contribution < 1.29 is 4.92 Å². The molecule has 2 heterocycles. The number of H-pyrrole nitrogens is 1. The summed E-state index contributed by atoms with van der Waals surface area (Å²) in [5, 5.41) is 36.3. The number of aromatic nitrogens is 4. The first-order chi connectivity index (χ1) is 11.7. The van der Waals surface area contributed by atoms with Gasteiger partial charge in [-0.15, -0.1) is 10.2 Å². The second-order valence-electron chi connectivity index (χ2n) is 5.20. The molecule has 10 heteroatoms. The fourth-order valence-corrected chi connectivity index (χ4v) is 2.54. The lowest BCUT2D eigenvalue weighted by Gasteiger charge is -2.18. The second-order valence-corrected chi connectivity index (χ2v) is 5.20. The highest BCUT2D eigenvalue weighted by Gasteiger charge is 2.18. The summed E-state index contributed by atoms with van der Waals surface area (Å²) < 4.78 is 0. The predicted octanol–water partition coefficient (Wildman–Crippen LogP) is 1.68. The van der Waals surface area contributed by atoms with Crippen molar-refractivity contribution in [2.75, 3.05) is 23.3 Å². The summed E-state index contributed by atoms with van der Waals surface area (Å²) in [6, 6.07) is 6.84. The summed E-state index contributed by atoms with van der Waals surface area (Å²) >= 11 is 0. The number of allylic oxidation sites excluding steroid dienone is 1. The van der Waals surface area contributed by atoms with Crippen LogP contribution in [0, 0.1) is 21.4 Å². The molecule has 0 spiro atoms. The van der Waals surface area contributed by atoms with Crippen LogP contribution in [0.5, 0.6) is 0 Å². The van der Waals surface area contributed by atoms with Crippen LogP contribution >= 0.6 is 0 Å². The van der Waals surface area contributed by atoms with Gasteiger partial charge in [-0.1, -0.05) is 0 Å². The average Bonchev–Trinajstić information content (AvgIpc) is 3.29. The highest BCUT2D eigenvalue weighted by Crippen LogP contribution is 2.31. The molecule has 1 saturated heterocycles. The molecule has 2 aromatic rings. The Morgan fingerprint density at radius 3 is 2.88 bits per heavy atom. The van der Waals surface area contributed by atoms with Crippen molar-refractivity contribution in [3.8, 4) is 6.07 Å². The third kappa shape index (κ3) is 3.14. The third-order valence-electron chi connectivity index (χ3n) is 3.73. The van der Waals surface area contributed by atoms with Gasteiger partial charge in [0.1, 0.15) is 17.3 Å². The summed E-state index contributed by atoms with van der Waals surface area (Å²) in [5.74, 6) is 0.114. The highest BCUT2D eigenvalue weighted by molar-refractivity contribution is 5.77. The molecule has 0 saturated carbocycles. The summed E-state index contributed by atoms with van der Waals surface area (Å²) in [7, 11) is 0. The van der Waals surface area contributed by atoms with Crippen LogP contribution in [0.2, 0.25) is 0 Å². The number of hydrogen-bond donors (Lipinski definition) is 2. The molecule has 0 bridgehead atoms. The Hall–Kier alpha value is -3.48. The van der Waals surface area contributed by atoms with Gasteiger partial charge in [-0.05, 0) is 30.2 Å². The number of benzene rings is 1. The molecule has 1 aromatic carbocycles. The third-order valence-corrected chi connectivity index (χ3v) is 3.73. The van der Waals surface area contributed by atoms with Gasteiger partial charge in [-0.3, -0.25) is 10.1 Å². The van der Waals surface area contributed by atoms with Crippen LogP contribution in [0.25, 0.3) is 5.57 Å². The maximum atomic E-state index is 11.2. The molecule has 3 rings (SSSR count). The number of hydrogen-bond acceptors (Lipinski definition) is 8. The first kappa shape index (κ1) is 15.4. The van der Waals surface area contributed by atoms with Gasteiger partial charge >= 0.3 is 0 Å². The molecular weight excluding hydrogens is 312 g/mol. The zero-order valence-corrected chi connectivity index (χ0v) is 12.6. The number of nitrogens with one attached hydrogen (secondary N) is 2. The summed E-state index contributed by atoms with van der Waals surface area (Å²) in [6.45, 7) is 1.86. The second kappa shape index (κ2) is 6.74. The van der Waals surface area contributed by atoms with E-state index in [0.29, 0.717) is 5.69 Å². The average molecular weight is 326 g/mol. The number of tetrazole rings is 1. The van der Waals surface area contributed by atoms with Crippen molar-refractivity contribution in [3.05, 3.63) is 40.3 Å². The van der Waals surface area contributed by atoms with Gasteiger partial charge in [0.25, 0.3) is 5.69 Å². The molecule has 0 amide bonds. The Kier molecular flexibility index (Phi) is 4.33. The van der Waals surface area contributed by atoms with Crippen LogP contribution in [-0.4, -0.2) is 38.6 Å². The van der Waals surface area contributed by atoms with Gasteiger partial charge in [0.15, 0.2) is 0 Å². The molecule has 0 radical (unpaired) electrons. The Morgan fingerprint density at radius 1 is 1.46 bits per heavy atom. The van der Waals surface area contributed by atoms with Crippen LogP contribution in [0.1, 0.15) is 18.7 Å². The molecule has 1 aliphatic heterocycles. The van der Waals surface area contributed by atoms with Crippen molar-refractivity contribution in [2.24, 2.45) is 0 Å². The molecule has 24 heavy (non-hydrogen) atoms. The van der Waals surface area contributed by atoms with E-state index in [0.717, 1.165) is 31.6 Å². The van der Waals surface area contributed by atoms with Crippen molar-refractivity contribution in [2.45, 2.75) is 12.8 Å². The Labute approximate surface area is 136 Å². The Morgan fingerprint density at radius 2 is 2.25 bits per heavy atom. The number of rotatable bonds is 5. The molecule has 1 aromatic heterocycles. The maximum absolute atomic E-state index is 11.2. The number of anilines is 2. The quantitative estimate of drug-likeness (QED) is 0.481. The van der Waals surface area contributed by atoms with Crippen molar-refractivity contribution in [3.63, 3.8) is 0 Å². The zero-order chi connectivity index (χ0) is 16.9. The molecule has 122 valence electrons. The minimum atomic E-state index is -0.468. The molecule has 1 fully saturated rings. The number of aromatic amines is 1. The van der Waals surface area contributed by atoms with Crippen molar-refractivity contribution in [1.82, 2.24) is 20.6 Å². The van der Waals surface area contributed by atoms with Gasteiger partial charge < -0.3 is 10.2 Å². The molecule has 0 unspecified atom stereocenters. The number of nitro benzene ring substituents is 1. The molecule has 10 nitrogen and oxygen atoms in total. The maximum Gasteiger partial charge on any atom is 0.292 e. The number of nitrogens with zero attached hydrogens (tertiary/aromatic N) is 6. The van der Waals surface area contributed by atoms with E-state index in [1.54, 1.807) is 12.1 Å². The van der Waals surface area contributed by atoms with E-state index < -0.39 is 4.92 Å². The van der Waals surface area contributed by atoms with E-state index >= 15 is 0 Å². The monoisotopic (exact) mass is 326 g/mol. The Bertz CT molecular complexity index is 803. The normalized spacial score (nSPS) is 14.5. The topological polar surface area (TPSA) is 137 Å². The fraction of sp³-hybridized carbons (Fsp3) is 0.286. The largest absolute Gasteiger partial charge is 0.371 e. The van der Waals surface area contributed by atoms with Gasteiger partial charge in [0, 0.05) is 31.0 Å². The van der Waals surface area contributed by atoms with Crippen molar-refractivity contribution >= 4 is 22.6 Å². The van der Waals surface area contributed by atoms with Crippen LogP contribution in [0.15, 0.2) is 24.4 Å². The summed E-state index contributed by atoms with van der Waals surface area (Å²) in [6.07, 6.45) is 3.55. The van der Waals surface area contributed by atoms with Crippen molar-refractivity contribution in [1.29, 1.82) is 5.26 Å². The smallest absolute Gasteiger partial charge is 0.292 e. The lowest BCUT2D eigenvalue weighted by molar-refractivity contribution is -0.383. The minimum Gasteiger partial charge on any atom is -0.371 e. The molecular formula is C14H14N8O2. The Balaban J connectivity index is 1.91. The van der Waals surface area contributed by atoms with Crippen LogP contribution in [-0.2, 0) is 0 Å². The van der Waals surface area contributed by atoms with E-state index in [1.165, 1.54) is 12.3 Å². The lowest BCUT2D eigenvalue weighted by atomic mass is 10.2. The van der Waals surface area contributed by atoms with E-state index in [9.17, 15) is 10.1 Å². The first-order valence-corrected chi connectivity index (χ1v) is 7.33. The lowest BCUT2D eigenvalue weighted by Crippen LogP contribution is -2.17. The molecule has 0 atom stereocenters. The molecule has 2 N–H and O–H groups in total. The van der Waals surface area contributed by atoms with Gasteiger partial charge in [-0.25, -0.2) is 0 Å². The standard InChI is InChI=1S/C14H14N8O2/c15-8-10(14-17-19-20-18-14)9-16-12-7-11(21-5-1-2-6-21)3-4-13(12)22(23)24/h3-4,7,9,16H,1-2,5-6H2,(H,17,18,19,20). The van der Waals surface area contributed by atoms with E-state index in [4.69, 9.17) is 5.26 Å². The minimum absolute atomic E-state index is 0.0698. The number of nitro groups is 1. The van der Waals surface area contributed by atoms with Crippen LogP contribution in [0.3, 0.4) is 0 Å². The molecule has 0 aliphatic carbocycles. The van der Waals surface area contributed by atoms with E-state index in [2.05, 4.69) is 30.8 Å². The van der Waals surface area contributed by atoms with E-state index in [1.807, 2.05) is 6.07 Å². The van der Waals surface area contributed by atoms with Gasteiger partial charge in [0.05, 0.1) is 4.92 Å². The SMILES string of the molecule is N#CC(=CNc1cc(N2CCCC2)ccc1[N+](=O)[O-])c1nn[nH]n1.